The van der Waals surface area contributed by atoms with Gasteiger partial charge in [-0.2, -0.15) is 5.10 Å². The van der Waals surface area contributed by atoms with Crippen LogP contribution in [0.25, 0.3) is 10.6 Å². The fourth-order valence-corrected chi connectivity index (χ4v) is 3.92. The van der Waals surface area contributed by atoms with Crippen LogP contribution in [0.1, 0.15) is 12.0 Å². The lowest BCUT2D eigenvalue weighted by Crippen LogP contribution is -2.32. The summed E-state index contributed by atoms with van der Waals surface area (Å²) >= 11 is 1.56. The smallest absolute Gasteiger partial charge is 0.229 e. The summed E-state index contributed by atoms with van der Waals surface area (Å²) < 4.78 is 22.8. The topological polar surface area (TPSA) is 109 Å². The zero-order chi connectivity index (χ0) is 15.2. The first-order valence-electron chi connectivity index (χ1n) is 6.28. The van der Waals surface area contributed by atoms with Crippen molar-refractivity contribution in [1.29, 1.82) is 0 Å². The number of carbonyl (C=O) groups is 1. The van der Waals surface area contributed by atoms with E-state index in [4.69, 9.17) is 5.14 Å². The number of anilines is 1. The van der Waals surface area contributed by atoms with Crippen molar-refractivity contribution in [2.24, 2.45) is 5.14 Å². The van der Waals surface area contributed by atoms with Crippen LogP contribution in [0.15, 0.2) is 17.5 Å². The van der Waals surface area contributed by atoms with Gasteiger partial charge in [-0.3, -0.25) is 14.8 Å². The molecule has 0 saturated carbocycles. The molecular weight excluding hydrogens is 312 g/mol. The van der Waals surface area contributed by atoms with E-state index in [0.29, 0.717) is 5.82 Å². The lowest BCUT2D eigenvalue weighted by Gasteiger charge is -2.14. The van der Waals surface area contributed by atoms with Gasteiger partial charge in [0.25, 0.3) is 0 Å². The minimum Gasteiger partial charge on any atom is -0.294 e. The van der Waals surface area contributed by atoms with Crippen LogP contribution in [0.3, 0.4) is 0 Å². The molecule has 0 bridgehead atoms. The Hall–Kier alpha value is -1.71. The number of carbonyl (C=O) groups excluding carboxylic acids is 1. The lowest BCUT2D eigenvalue weighted by molar-refractivity contribution is -0.117. The number of nitrogens with two attached hydrogens (primary N) is 1. The van der Waals surface area contributed by atoms with Gasteiger partial charge in [0.1, 0.15) is 5.25 Å². The molecule has 1 saturated heterocycles. The zero-order valence-corrected chi connectivity index (χ0v) is 12.9. The summed E-state index contributed by atoms with van der Waals surface area (Å²) in [5.41, 5.74) is 1.66. The molecule has 0 spiro atoms. The van der Waals surface area contributed by atoms with E-state index in [0.717, 1.165) is 16.1 Å². The zero-order valence-electron chi connectivity index (χ0n) is 11.2. The third-order valence-corrected chi connectivity index (χ3v) is 5.69. The van der Waals surface area contributed by atoms with Gasteiger partial charge in [-0.05, 0) is 18.4 Å². The van der Waals surface area contributed by atoms with Crippen LogP contribution in [0.4, 0.5) is 5.82 Å². The molecule has 0 radical (unpaired) electrons. The number of rotatable bonds is 3. The quantitative estimate of drug-likeness (QED) is 0.871. The van der Waals surface area contributed by atoms with Crippen LogP contribution in [-0.4, -0.2) is 36.3 Å². The van der Waals surface area contributed by atoms with E-state index in [1.807, 2.05) is 24.4 Å². The molecule has 0 aliphatic carbocycles. The first kappa shape index (κ1) is 14.2. The summed E-state index contributed by atoms with van der Waals surface area (Å²) in [7, 11) is -3.72. The summed E-state index contributed by atoms with van der Waals surface area (Å²) in [6.07, 6.45) is -0.0977. The van der Waals surface area contributed by atoms with Crippen LogP contribution in [-0.2, 0) is 14.8 Å². The van der Waals surface area contributed by atoms with Crippen molar-refractivity contribution in [2.45, 2.75) is 18.6 Å². The highest BCUT2D eigenvalue weighted by Crippen LogP contribution is 2.33. The summed E-state index contributed by atoms with van der Waals surface area (Å²) in [4.78, 5) is 14.4. The molecule has 2 aromatic rings. The molecule has 2 aromatic heterocycles. The molecule has 3 heterocycles. The number of amides is 1. The molecule has 0 aromatic carbocycles. The molecule has 3 N–H and O–H groups in total. The largest absolute Gasteiger partial charge is 0.294 e. The summed E-state index contributed by atoms with van der Waals surface area (Å²) in [6.45, 7) is 1.90. The first-order chi connectivity index (χ1) is 9.88. The second-order valence-corrected chi connectivity index (χ2v) is 7.74. The van der Waals surface area contributed by atoms with Crippen LogP contribution >= 0.6 is 11.3 Å². The molecule has 1 atom stereocenters. The van der Waals surface area contributed by atoms with Gasteiger partial charge in [-0.25, -0.2) is 13.6 Å². The number of aromatic nitrogens is 2. The minimum absolute atomic E-state index is 0.0488. The molecule has 21 heavy (non-hydrogen) atoms. The monoisotopic (exact) mass is 326 g/mol. The lowest BCUT2D eigenvalue weighted by atomic mass is 10.2. The Kier molecular flexibility index (Phi) is 3.34. The van der Waals surface area contributed by atoms with Gasteiger partial charge < -0.3 is 0 Å². The Balaban J connectivity index is 1.94. The Morgan fingerprint density at radius 3 is 2.86 bits per heavy atom. The molecule has 1 amide bonds. The fraction of sp³-hybridized carbons (Fsp3) is 0.333. The second kappa shape index (κ2) is 4.93. The van der Waals surface area contributed by atoms with E-state index in [9.17, 15) is 13.2 Å². The van der Waals surface area contributed by atoms with Crippen molar-refractivity contribution < 1.29 is 13.2 Å². The average molecular weight is 326 g/mol. The van der Waals surface area contributed by atoms with E-state index >= 15 is 0 Å². The number of nitrogens with zero attached hydrogens (tertiary/aromatic N) is 2. The number of hydrogen-bond donors (Lipinski definition) is 2. The number of H-pyrrole nitrogens is 1. The highest BCUT2D eigenvalue weighted by Gasteiger charge is 2.39. The maximum Gasteiger partial charge on any atom is 0.229 e. The number of nitrogens with one attached hydrogen (secondary N) is 1. The van der Waals surface area contributed by atoms with Crippen molar-refractivity contribution in [3.05, 3.63) is 23.1 Å². The molecule has 1 unspecified atom stereocenters. The predicted octanol–water partition coefficient (Wildman–Crippen LogP) is 0.840. The van der Waals surface area contributed by atoms with Crippen LogP contribution < -0.4 is 10.0 Å². The number of sulfonamides is 1. The van der Waals surface area contributed by atoms with Crippen molar-refractivity contribution in [1.82, 2.24) is 10.2 Å². The standard InChI is InChI=1S/C12H14N4O3S2/c1-7-11(9-3-2-4-20-9)14-15-12(7)16-6-8(5-10(16)17)21(13,18)19/h2-4,8H,5-6H2,1H3,(H,14,15)(H2,13,18,19). The molecule has 112 valence electrons. The molecular formula is C12H14N4O3S2. The van der Waals surface area contributed by atoms with Gasteiger partial charge in [-0.1, -0.05) is 6.07 Å². The van der Waals surface area contributed by atoms with Crippen molar-refractivity contribution in [3.63, 3.8) is 0 Å². The van der Waals surface area contributed by atoms with Crippen molar-refractivity contribution >= 4 is 33.1 Å². The summed E-state index contributed by atoms with van der Waals surface area (Å²) in [6, 6.07) is 3.88. The number of primary sulfonamides is 1. The van der Waals surface area contributed by atoms with Crippen molar-refractivity contribution in [2.75, 3.05) is 11.4 Å². The Bertz CT molecular complexity index is 780. The third kappa shape index (κ3) is 2.47. The Morgan fingerprint density at radius 1 is 1.52 bits per heavy atom. The number of hydrogen-bond acceptors (Lipinski definition) is 5. The Morgan fingerprint density at radius 2 is 2.29 bits per heavy atom. The fourth-order valence-electron chi connectivity index (χ4n) is 2.41. The van der Waals surface area contributed by atoms with Crippen LogP contribution in [0.2, 0.25) is 0 Å². The van der Waals surface area contributed by atoms with Gasteiger partial charge in [0.2, 0.25) is 15.9 Å². The predicted molar refractivity (Wildman–Crippen MR) is 80.5 cm³/mol. The van der Waals surface area contributed by atoms with E-state index < -0.39 is 15.3 Å². The maximum atomic E-state index is 12.0. The SMILES string of the molecule is Cc1c(N2CC(S(N)(=O)=O)CC2=O)n[nH]c1-c1cccs1. The van der Waals surface area contributed by atoms with Gasteiger partial charge in [0.15, 0.2) is 5.82 Å². The van der Waals surface area contributed by atoms with Gasteiger partial charge in [0, 0.05) is 18.5 Å². The molecule has 1 aliphatic rings. The molecule has 7 nitrogen and oxygen atoms in total. The molecule has 9 heteroatoms. The highest BCUT2D eigenvalue weighted by molar-refractivity contribution is 7.89. The van der Waals surface area contributed by atoms with Gasteiger partial charge in [-0.15, -0.1) is 11.3 Å². The van der Waals surface area contributed by atoms with Crippen LogP contribution in [0, 0.1) is 6.92 Å². The summed E-state index contributed by atoms with van der Waals surface area (Å²) in [5, 5.41) is 13.3. The van der Waals surface area contributed by atoms with E-state index in [1.54, 1.807) is 11.3 Å². The van der Waals surface area contributed by atoms with Crippen LogP contribution in [0.5, 0.6) is 0 Å². The summed E-state index contributed by atoms with van der Waals surface area (Å²) in [5.74, 6) is 0.191. The van der Waals surface area contributed by atoms with E-state index in [-0.39, 0.29) is 18.9 Å². The highest BCUT2D eigenvalue weighted by atomic mass is 32.2. The molecule has 1 fully saturated rings. The second-order valence-electron chi connectivity index (χ2n) is 4.94. The minimum atomic E-state index is -3.72. The maximum absolute atomic E-state index is 12.0. The first-order valence-corrected chi connectivity index (χ1v) is 8.77. The average Bonchev–Trinajstić information content (AvgIpc) is 3.07. The normalized spacial score (nSPS) is 19.4. The molecule has 1 aliphatic heterocycles. The third-order valence-electron chi connectivity index (χ3n) is 3.56. The van der Waals surface area contributed by atoms with Gasteiger partial charge >= 0.3 is 0 Å². The Labute approximate surface area is 125 Å². The van der Waals surface area contributed by atoms with Crippen molar-refractivity contribution in [3.8, 4) is 10.6 Å². The number of aromatic amines is 1. The molecule has 3 rings (SSSR count). The van der Waals surface area contributed by atoms with E-state index in [2.05, 4.69) is 10.2 Å². The van der Waals surface area contributed by atoms with Gasteiger partial charge in [0.05, 0.1) is 10.6 Å². The number of thiophene rings is 1. The van der Waals surface area contributed by atoms with E-state index in [1.165, 1.54) is 4.90 Å².